The summed E-state index contributed by atoms with van der Waals surface area (Å²) in [5.41, 5.74) is 15.0. The number of oxazole rings is 1. The minimum absolute atomic E-state index is 0.575. The standard InChI is InChI=1S/C46H26N8OS/c1-3-11-35-31(9-1)49-45-51(37-13-5-7-15-39(37)53(35)45)29-21-17-27(18-22-29)43-47-33-26-42-34(25-41(33)55-43)48-44(56-42)28-19-23-30(24-20-28)52-38-14-6-8-16-40(38)54-36-12-4-2-10-32(36)50-46(52)54/h1-26H. The van der Waals surface area contributed by atoms with Crippen molar-refractivity contribution in [2.75, 3.05) is 0 Å². The van der Waals surface area contributed by atoms with E-state index in [1.165, 1.54) is 0 Å². The maximum Gasteiger partial charge on any atom is 0.227 e. The number of benzene rings is 7. The molecule has 0 bridgehead atoms. The molecule has 0 saturated carbocycles. The van der Waals surface area contributed by atoms with Gasteiger partial charge in [0, 0.05) is 28.6 Å². The summed E-state index contributed by atoms with van der Waals surface area (Å²) in [5.74, 6) is 2.35. The van der Waals surface area contributed by atoms with Gasteiger partial charge >= 0.3 is 0 Å². The van der Waals surface area contributed by atoms with Crippen molar-refractivity contribution in [3.8, 4) is 33.4 Å². The van der Waals surface area contributed by atoms with E-state index in [1.807, 2.05) is 18.2 Å². The minimum Gasteiger partial charge on any atom is -0.436 e. The van der Waals surface area contributed by atoms with Gasteiger partial charge in [-0.05, 0) is 103 Å². The molecule has 0 atom stereocenters. The molecule has 0 amide bonds. The van der Waals surface area contributed by atoms with E-state index in [-0.39, 0.29) is 0 Å². The summed E-state index contributed by atoms with van der Waals surface area (Å²) in [5, 5.41) is 0.945. The van der Waals surface area contributed by atoms with Gasteiger partial charge in [0.2, 0.25) is 17.4 Å². The van der Waals surface area contributed by atoms with Crippen LogP contribution in [0.3, 0.4) is 0 Å². The van der Waals surface area contributed by atoms with Crippen LogP contribution in [0.2, 0.25) is 0 Å². The first-order valence-corrected chi connectivity index (χ1v) is 19.2. The zero-order valence-electron chi connectivity index (χ0n) is 29.4. The van der Waals surface area contributed by atoms with E-state index < -0.39 is 0 Å². The zero-order chi connectivity index (χ0) is 36.5. The third-order valence-electron chi connectivity index (χ3n) is 10.9. The molecule has 13 rings (SSSR count). The van der Waals surface area contributed by atoms with Crippen LogP contribution in [0.1, 0.15) is 0 Å². The van der Waals surface area contributed by atoms with Crippen molar-refractivity contribution in [2.24, 2.45) is 0 Å². The Balaban J connectivity index is 0.833. The summed E-state index contributed by atoms with van der Waals surface area (Å²) >= 11 is 1.66. The lowest BCUT2D eigenvalue weighted by atomic mass is 10.2. The SMILES string of the molecule is c1ccc2c(c1)nc1n(-c3ccc(-c4nc5cc6sc(-c7ccc(-n8c9ccccc9n9c%10ccccc%10nc89)cc7)nc6cc5o4)cc3)c3ccccc3n21. The van der Waals surface area contributed by atoms with Gasteiger partial charge in [-0.3, -0.25) is 17.9 Å². The summed E-state index contributed by atoms with van der Waals surface area (Å²) in [6, 6.07) is 54.4. The highest BCUT2D eigenvalue weighted by Crippen LogP contribution is 2.37. The van der Waals surface area contributed by atoms with Gasteiger partial charge in [0.05, 0.1) is 54.4 Å². The zero-order valence-corrected chi connectivity index (χ0v) is 30.2. The van der Waals surface area contributed by atoms with Gasteiger partial charge in [-0.25, -0.2) is 19.9 Å². The van der Waals surface area contributed by atoms with Crippen LogP contribution >= 0.6 is 11.3 Å². The second-order valence-corrected chi connectivity index (χ2v) is 15.1. The molecule has 6 heterocycles. The van der Waals surface area contributed by atoms with E-state index in [4.69, 9.17) is 24.4 Å². The summed E-state index contributed by atoms with van der Waals surface area (Å²) in [6.07, 6.45) is 0. The highest BCUT2D eigenvalue weighted by atomic mass is 32.1. The number of hydrogen-bond acceptors (Lipinski definition) is 6. The molecule has 0 aliphatic rings. The van der Waals surface area contributed by atoms with Gasteiger partial charge in [-0.15, -0.1) is 11.3 Å². The van der Waals surface area contributed by atoms with Gasteiger partial charge in [-0.1, -0.05) is 48.5 Å². The summed E-state index contributed by atoms with van der Waals surface area (Å²) in [7, 11) is 0. The number of imidazole rings is 4. The summed E-state index contributed by atoms with van der Waals surface area (Å²) in [4.78, 5) is 20.0. The lowest BCUT2D eigenvalue weighted by Gasteiger charge is -2.06. The Hall–Kier alpha value is -7.56. The van der Waals surface area contributed by atoms with Crippen LogP contribution in [-0.4, -0.2) is 37.9 Å². The molecular weight excluding hydrogens is 713 g/mol. The van der Waals surface area contributed by atoms with Crippen LogP contribution in [0.4, 0.5) is 0 Å². The molecule has 0 N–H and O–H groups in total. The smallest absolute Gasteiger partial charge is 0.227 e. The largest absolute Gasteiger partial charge is 0.436 e. The topological polar surface area (TPSA) is 83.4 Å². The fourth-order valence-electron chi connectivity index (χ4n) is 8.31. The Bertz CT molecular complexity index is 3420. The Morgan fingerprint density at radius 1 is 0.411 bits per heavy atom. The molecule has 13 aromatic rings. The molecule has 56 heavy (non-hydrogen) atoms. The maximum atomic E-state index is 6.36. The molecule has 10 heteroatoms. The van der Waals surface area contributed by atoms with Gasteiger partial charge in [0.15, 0.2) is 5.58 Å². The lowest BCUT2D eigenvalue weighted by molar-refractivity contribution is 0.620. The minimum atomic E-state index is 0.575. The quantitative estimate of drug-likeness (QED) is 0.179. The monoisotopic (exact) mass is 738 g/mol. The average Bonchev–Trinajstić information content (AvgIpc) is 4.09. The van der Waals surface area contributed by atoms with Crippen molar-refractivity contribution in [3.05, 3.63) is 158 Å². The molecule has 0 radical (unpaired) electrons. The van der Waals surface area contributed by atoms with Crippen LogP contribution in [0.5, 0.6) is 0 Å². The molecule has 0 spiro atoms. The Labute approximate surface area is 320 Å². The molecule has 0 aliphatic heterocycles. The summed E-state index contributed by atoms with van der Waals surface area (Å²) in [6.45, 7) is 0. The number of thiazole rings is 1. The van der Waals surface area contributed by atoms with E-state index in [0.717, 1.165) is 98.9 Å². The van der Waals surface area contributed by atoms with Crippen LogP contribution in [-0.2, 0) is 0 Å². The molecule has 0 saturated heterocycles. The van der Waals surface area contributed by atoms with Gasteiger partial charge < -0.3 is 4.42 Å². The molecule has 6 aromatic heterocycles. The molecular formula is C46H26N8OS. The van der Waals surface area contributed by atoms with E-state index in [2.05, 4.69) is 157 Å². The number of aromatic nitrogens is 8. The van der Waals surface area contributed by atoms with Gasteiger partial charge in [0.1, 0.15) is 10.5 Å². The second-order valence-electron chi connectivity index (χ2n) is 14.0. The molecule has 9 nitrogen and oxygen atoms in total. The van der Waals surface area contributed by atoms with Crippen molar-refractivity contribution < 1.29 is 4.42 Å². The van der Waals surface area contributed by atoms with Crippen molar-refractivity contribution in [3.63, 3.8) is 0 Å². The number of hydrogen-bond donors (Lipinski definition) is 0. The Morgan fingerprint density at radius 2 is 0.911 bits per heavy atom. The first-order valence-electron chi connectivity index (χ1n) is 18.4. The third-order valence-corrected chi connectivity index (χ3v) is 11.9. The predicted molar refractivity (Wildman–Crippen MR) is 224 cm³/mol. The Kier molecular flexibility index (Phi) is 5.86. The van der Waals surface area contributed by atoms with Crippen LogP contribution in [0.15, 0.2) is 162 Å². The fourth-order valence-corrected chi connectivity index (χ4v) is 9.30. The second kappa shape index (κ2) is 11.0. The average molecular weight is 739 g/mol. The van der Waals surface area contributed by atoms with Crippen LogP contribution in [0.25, 0.3) is 110 Å². The molecule has 262 valence electrons. The molecule has 0 unspecified atom stereocenters. The molecule has 7 aromatic carbocycles. The third kappa shape index (κ3) is 4.13. The number of fused-ring (bicyclic) bond motifs is 12. The van der Waals surface area contributed by atoms with Crippen molar-refractivity contribution in [1.29, 1.82) is 0 Å². The predicted octanol–water partition coefficient (Wildman–Crippen LogP) is 11.3. The highest BCUT2D eigenvalue weighted by molar-refractivity contribution is 7.21. The van der Waals surface area contributed by atoms with Gasteiger partial charge in [-0.2, -0.15) is 0 Å². The van der Waals surface area contributed by atoms with E-state index >= 15 is 0 Å². The van der Waals surface area contributed by atoms with E-state index in [1.54, 1.807) is 11.3 Å². The van der Waals surface area contributed by atoms with Crippen molar-refractivity contribution in [2.45, 2.75) is 0 Å². The number of para-hydroxylation sites is 8. The van der Waals surface area contributed by atoms with Crippen LogP contribution < -0.4 is 0 Å². The van der Waals surface area contributed by atoms with Crippen molar-refractivity contribution >= 4 is 88.3 Å². The Morgan fingerprint density at radius 3 is 1.48 bits per heavy atom. The fraction of sp³-hybridized carbons (Fsp3) is 0. The normalized spacial score (nSPS) is 12.3. The van der Waals surface area contributed by atoms with Gasteiger partial charge in [0.25, 0.3) is 0 Å². The number of nitrogens with zero attached hydrogens (tertiary/aromatic N) is 8. The first kappa shape index (κ1) is 29.8. The van der Waals surface area contributed by atoms with Crippen molar-refractivity contribution in [1.82, 2.24) is 37.9 Å². The summed E-state index contributed by atoms with van der Waals surface area (Å²) < 4.78 is 16.3. The van der Waals surface area contributed by atoms with E-state index in [9.17, 15) is 0 Å². The maximum absolute atomic E-state index is 6.36. The first-order chi connectivity index (χ1) is 27.7. The number of rotatable bonds is 4. The lowest BCUT2D eigenvalue weighted by Crippen LogP contribution is -1.95. The molecule has 0 fully saturated rings. The van der Waals surface area contributed by atoms with E-state index in [0.29, 0.717) is 11.5 Å². The molecule has 0 aliphatic carbocycles. The highest BCUT2D eigenvalue weighted by Gasteiger charge is 2.20. The van der Waals surface area contributed by atoms with Crippen LogP contribution in [0, 0.1) is 0 Å².